The zero-order valence-corrected chi connectivity index (χ0v) is 10.5. The molecule has 0 heterocycles. The van der Waals surface area contributed by atoms with Crippen molar-refractivity contribution < 1.29 is 0 Å². The quantitative estimate of drug-likeness (QED) is 0.694. The Hall–Kier alpha value is -1.60. The zero-order chi connectivity index (χ0) is 12.5. The molecule has 1 N–H and O–H groups in total. The predicted molar refractivity (Wildman–Crippen MR) is 76.0 cm³/mol. The van der Waals surface area contributed by atoms with Crippen LogP contribution < -0.4 is 5.32 Å². The van der Waals surface area contributed by atoms with Crippen molar-refractivity contribution in [2.75, 3.05) is 6.54 Å². The summed E-state index contributed by atoms with van der Waals surface area (Å²) in [7, 11) is 0. The van der Waals surface area contributed by atoms with Gasteiger partial charge in [0.25, 0.3) is 0 Å². The highest BCUT2D eigenvalue weighted by atomic mass is 14.9. The van der Waals surface area contributed by atoms with E-state index in [0.717, 1.165) is 13.0 Å². The van der Waals surface area contributed by atoms with Crippen molar-refractivity contribution in [1.29, 1.82) is 0 Å². The van der Waals surface area contributed by atoms with Gasteiger partial charge in [-0.15, -0.1) is 0 Å². The topological polar surface area (TPSA) is 12.0 Å². The number of benzene rings is 1. The molecular weight excluding hydrogens is 206 g/mol. The maximum Gasteiger partial charge on any atom is 0.0360 e. The number of hydrogen-bond acceptors (Lipinski definition) is 1. The van der Waals surface area contributed by atoms with Crippen LogP contribution in [0.15, 0.2) is 67.3 Å². The zero-order valence-electron chi connectivity index (χ0n) is 10.5. The van der Waals surface area contributed by atoms with Crippen LogP contribution in [-0.2, 0) is 0 Å². The number of rotatable bonds is 7. The first-order valence-electron chi connectivity index (χ1n) is 6.04. The SMILES string of the molecule is C=C/C=C(\C=C)C[C@@H](NCC)c1ccccc1. The largest absolute Gasteiger partial charge is 0.310 e. The van der Waals surface area contributed by atoms with Gasteiger partial charge in [0.05, 0.1) is 0 Å². The van der Waals surface area contributed by atoms with Gasteiger partial charge in [0, 0.05) is 6.04 Å². The van der Waals surface area contributed by atoms with E-state index in [1.54, 1.807) is 0 Å². The molecule has 0 radical (unpaired) electrons. The molecule has 17 heavy (non-hydrogen) atoms. The molecule has 1 aromatic carbocycles. The van der Waals surface area contributed by atoms with Crippen molar-refractivity contribution in [3.63, 3.8) is 0 Å². The maximum atomic E-state index is 3.84. The first kappa shape index (κ1) is 13.5. The van der Waals surface area contributed by atoms with Gasteiger partial charge in [0.15, 0.2) is 0 Å². The van der Waals surface area contributed by atoms with Gasteiger partial charge in [-0.2, -0.15) is 0 Å². The molecule has 1 aromatic rings. The molecule has 0 amide bonds. The minimum absolute atomic E-state index is 0.338. The van der Waals surface area contributed by atoms with Crippen LogP contribution in [0, 0.1) is 0 Å². The van der Waals surface area contributed by atoms with Crippen molar-refractivity contribution in [3.05, 3.63) is 72.9 Å². The lowest BCUT2D eigenvalue weighted by molar-refractivity contribution is 0.551. The number of nitrogens with one attached hydrogen (secondary N) is 1. The van der Waals surface area contributed by atoms with Crippen molar-refractivity contribution in [3.8, 4) is 0 Å². The van der Waals surface area contributed by atoms with Crippen LogP contribution in [0.25, 0.3) is 0 Å². The van der Waals surface area contributed by atoms with Crippen LogP contribution in [-0.4, -0.2) is 6.54 Å². The Labute approximate surface area is 105 Å². The summed E-state index contributed by atoms with van der Waals surface area (Å²) in [6.07, 6.45) is 6.66. The fourth-order valence-electron chi connectivity index (χ4n) is 1.85. The molecule has 1 rings (SSSR count). The normalized spacial score (nSPS) is 13.1. The third-order valence-electron chi connectivity index (χ3n) is 2.69. The Bertz CT molecular complexity index is 376. The highest BCUT2D eigenvalue weighted by Crippen LogP contribution is 2.21. The molecule has 1 nitrogen and oxygen atoms in total. The van der Waals surface area contributed by atoms with Crippen molar-refractivity contribution in [2.24, 2.45) is 0 Å². The molecule has 0 saturated heterocycles. The molecule has 1 atom stereocenters. The molecule has 0 aromatic heterocycles. The molecule has 0 saturated carbocycles. The third-order valence-corrected chi connectivity index (χ3v) is 2.69. The molecule has 0 unspecified atom stereocenters. The van der Waals surface area contributed by atoms with E-state index in [1.165, 1.54) is 11.1 Å². The average Bonchev–Trinajstić information content (AvgIpc) is 2.38. The number of hydrogen-bond donors (Lipinski definition) is 1. The van der Waals surface area contributed by atoms with E-state index in [2.05, 4.69) is 49.7 Å². The lowest BCUT2D eigenvalue weighted by Crippen LogP contribution is -2.21. The summed E-state index contributed by atoms with van der Waals surface area (Å²) in [5, 5.41) is 3.50. The monoisotopic (exact) mass is 227 g/mol. The summed E-state index contributed by atoms with van der Waals surface area (Å²) >= 11 is 0. The van der Waals surface area contributed by atoms with E-state index >= 15 is 0 Å². The van der Waals surface area contributed by atoms with E-state index in [9.17, 15) is 0 Å². The van der Waals surface area contributed by atoms with E-state index in [-0.39, 0.29) is 0 Å². The first-order valence-corrected chi connectivity index (χ1v) is 6.04. The van der Waals surface area contributed by atoms with Gasteiger partial charge in [0.1, 0.15) is 0 Å². The second-order valence-electron chi connectivity index (χ2n) is 3.91. The van der Waals surface area contributed by atoms with Gasteiger partial charge in [0.2, 0.25) is 0 Å². The maximum absolute atomic E-state index is 3.84. The van der Waals surface area contributed by atoms with Crippen LogP contribution in [0.5, 0.6) is 0 Å². The Balaban J connectivity index is 2.83. The van der Waals surface area contributed by atoms with Gasteiger partial charge in [-0.25, -0.2) is 0 Å². The summed E-state index contributed by atoms with van der Waals surface area (Å²) < 4.78 is 0. The Kier molecular flexibility index (Phi) is 6.05. The summed E-state index contributed by atoms with van der Waals surface area (Å²) in [5.41, 5.74) is 2.51. The van der Waals surface area contributed by atoms with Gasteiger partial charge in [-0.3, -0.25) is 0 Å². The smallest absolute Gasteiger partial charge is 0.0360 e. The molecule has 0 spiro atoms. The van der Waals surface area contributed by atoms with Gasteiger partial charge >= 0.3 is 0 Å². The predicted octanol–water partition coefficient (Wildman–Crippen LogP) is 4.03. The van der Waals surface area contributed by atoms with Gasteiger partial charge < -0.3 is 5.32 Å². The van der Waals surface area contributed by atoms with Crippen LogP contribution in [0.4, 0.5) is 0 Å². The molecule has 0 aliphatic heterocycles. The molecule has 0 aliphatic rings. The van der Waals surface area contributed by atoms with Gasteiger partial charge in [-0.05, 0) is 24.1 Å². The fourth-order valence-corrected chi connectivity index (χ4v) is 1.85. The highest BCUT2D eigenvalue weighted by Gasteiger charge is 2.10. The Morgan fingerprint density at radius 3 is 2.53 bits per heavy atom. The molecule has 0 fully saturated rings. The highest BCUT2D eigenvalue weighted by molar-refractivity contribution is 5.26. The Morgan fingerprint density at radius 2 is 2.00 bits per heavy atom. The van der Waals surface area contributed by atoms with Crippen LogP contribution in [0.3, 0.4) is 0 Å². The first-order chi connectivity index (χ1) is 8.31. The summed E-state index contributed by atoms with van der Waals surface area (Å²) in [6.45, 7) is 10.7. The van der Waals surface area contributed by atoms with Gasteiger partial charge in [-0.1, -0.05) is 68.6 Å². The lowest BCUT2D eigenvalue weighted by Gasteiger charge is -2.18. The van der Waals surface area contributed by atoms with Crippen molar-refractivity contribution >= 4 is 0 Å². The van der Waals surface area contributed by atoms with Crippen LogP contribution >= 0.6 is 0 Å². The molecule has 90 valence electrons. The van der Waals surface area contributed by atoms with E-state index in [4.69, 9.17) is 0 Å². The summed E-state index contributed by atoms with van der Waals surface area (Å²) in [5.74, 6) is 0. The van der Waals surface area contributed by atoms with E-state index < -0.39 is 0 Å². The van der Waals surface area contributed by atoms with Crippen LogP contribution in [0.2, 0.25) is 0 Å². The minimum atomic E-state index is 0.338. The van der Waals surface area contributed by atoms with Crippen molar-refractivity contribution in [2.45, 2.75) is 19.4 Å². The minimum Gasteiger partial charge on any atom is -0.310 e. The van der Waals surface area contributed by atoms with E-state index in [0.29, 0.717) is 6.04 Å². The van der Waals surface area contributed by atoms with Crippen LogP contribution in [0.1, 0.15) is 24.9 Å². The second kappa shape index (κ2) is 7.64. The number of allylic oxidation sites excluding steroid dienone is 3. The second-order valence-corrected chi connectivity index (χ2v) is 3.91. The third kappa shape index (κ3) is 4.41. The molecular formula is C16H21N. The average molecular weight is 227 g/mol. The lowest BCUT2D eigenvalue weighted by atomic mass is 9.98. The van der Waals surface area contributed by atoms with E-state index in [1.807, 2.05) is 24.3 Å². The summed E-state index contributed by atoms with van der Waals surface area (Å²) in [4.78, 5) is 0. The molecule has 0 bridgehead atoms. The Morgan fingerprint density at radius 1 is 1.29 bits per heavy atom. The summed E-state index contributed by atoms with van der Waals surface area (Å²) in [6, 6.07) is 10.8. The van der Waals surface area contributed by atoms with Crippen molar-refractivity contribution in [1.82, 2.24) is 5.32 Å². The fraction of sp³-hybridized carbons (Fsp3) is 0.250. The molecule has 0 aliphatic carbocycles. The standard InChI is InChI=1S/C16H21N/c1-4-10-14(5-2)13-16(17-6-3)15-11-8-7-9-12-15/h4-5,7-12,16-17H,1-2,6,13H2,3H3/b14-10+/t16-/m1/s1. The molecule has 1 heteroatoms.